The minimum atomic E-state index is -3.65. The second kappa shape index (κ2) is 9.77. The summed E-state index contributed by atoms with van der Waals surface area (Å²) >= 11 is 0. The minimum Gasteiger partial charge on any atom is -0.475 e. The molecule has 2 aromatic heterocycles. The van der Waals surface area contributed by atoms with Crippen molar-refractivity contribution >= 4 is 38.2 Å². The summed E-state index contributed by atoms with van der Waals surface area (Å²) in [5.74, 6) is -0.505. The number of hydrogen-bond acceptors (Lipinski definition) is 7. The van der Waals surface area contributed by atoms with Crippen molar-refractivity contribution in [1.82, 2.24) is 15.3 Å². The van der Waals surface area contributed by atoms with Gasteiger partial charge in [-0.05, 0) is 31.9 Å². The Morgan fingerprint density at radius 3 is 2.61 bits per heavy atom. The Morgan fingerprint density at radius 1 is 1.18 bits per heavy atom. The van der Waals surface area contributed by atoms with Gasteiger partial charge in [0.2, 0.25) is 21.8 Å². The van der Waals surface area contributed by atoms with Crippen molar-refractivity contribution in [3.8, 4) is 17.0 Å². The predicted octanol–water partition coefficient (Wildman–Crippen LogP) is 3.97. The number of rotatable bonds is 9. The Morgan fingerprint density at radius 2 is 1.95 bits per heavy atom. The highest BCUT2D eigenvalue weighted by atomic mass is 32.2. The zero-order valence-corrected chi connectivity index (χ0v) is 22.8. The number of halogens is 1. The van der Waals surface area contributed by atoms with Crippen LogP contribution < -0.4 is 19.7 Å². The number of likely N-dealkylation sites (N-methyl/N-ethyl adjacent to an activating group) is 1. The summed E-state index contributed by atoms with van der Waals surface area (Å²) in [6.45, 7) is 6.37. The molecule has 5 rings (SSSR count). The average molecular weight is 542 g/mol. The molecule has 3 aromatic rings. The highest BCUT2D eigenvalue weighted by Gasteiger charge is 2.54. The van der Waals surface area contributed by atoms with Crippen LogP contribution in [-0.2, 0) is 20.2 Å². The van der Waals surface area contributed by atoms with Gasteiger partial charge in [0, 0.05) is 54.0 Å². The maximum atomic E-state index is 15.4. The summed E-state index contributed by atoms with van der Waals surface area (Å²) in [5.41, 5.74) is 2.26. The number of aromatic nitrogens is 2. The lowest BCUT2D eigenvalue weighted by Gasteiger charge is -2.37. The van der Waals surface area contributed by atoms with E-state index in [4.69, 9.17) is 4.74 Å². The molecule has 0 saturated heterocycles. The fourth-order valence-electron chi connectivity index (χ4n) is 5.24. The van der Waals surface area contributed by atoms with Crippen LogP contribution in [0.5, 0.6) is 5.88 Å². The number of sulfonamides is 1. The quantitative estimate of drug-likeness (QED) is 0.394. The molecule has 9 nitrogen and oxygen atoms in total. The van der Waals surface area contributed by atoms with Crippen molar-refractivity contribution in [2.24, 2.45) is 0 Å². The lowest BCUT2D eigenvalue weighted by Crippen LogP contribution is -2.43. The zero-order chi connectivity index (χ0) is 27.2. The molecule has 2 N–H and O–H groups in total. The number of nitrogens with one attached hydrogen (secondary N) is 2. The van der Waals surface area contributed by atoms with Gasteiger partial charge < -0.3 is 15.0 Å². The molecule has 1 aromatic carbocycles. The summed E-state index contributed by atoms with van der Waals surface area (Å²) in [6.07, 6.45) is 5.55. The van der Waals surface area contributed by atoms with Gasteiger partial charge >= 0.3 is 0 Å². The average Bonchev–Trinajstić information content (AvgIpc) is 3.09. The van der Waals surface area contributed by atoms with Gasteiger partial charge in [0.05, 0.1) is 28.6 Å². The van der Waals surface area contributed by atoms with Crippen molar-refractivity contribution in [3.05, 3.63) is 42.0 Å². The van der Waals surface area contributed by atoms with E-state index in [0.717, 1.165) is 30.5 Å². The second-order valence-corrected chi connectivity index (χ2v) is 12.2. The van der Waals surface area contributed by atoms with Crippen molar-refractivity contribution < 1.29 is 22.3 Å². The Kier molecular flexibility index (Phi) is 6.77. The van der Waals surface area contributed by atoms with E-state index in [1.165, 1.54) is 25.3 Å². The van der Waals surface area contributed by atoms with Crippen molar-refractivity contribution in [2.45, 2.75) is 51.5 Å². The first kappa shape index (κ1) is 26.3. The molecule has 1 saturated carbocycles. The summed E-state index contributed by atoms with van der Waals surface area (Å²) in [5, 5.41) is 3.94. The van der Waals surface area contributed by atoms with Crippen LogP contribution in [-0.4, -0.2) is 56.3 Å². The van der Waals surface area contributed by atoms with E-state index in [-0.39, 0.29) is 41.4 Å². The number of pyridine rings is 2. The lowest BCUT2D eigenvalue weighted by molar-refractivity contribution is -0.125. The largest absolute Gasteiger partial charge is 0.475 e. The number of carbonyl (C=O) groups is 1. The van der Waals surface area contributed by atoms with Crippen molar-refractivity contribution in [1.29, 1.82) is 0 Å². The van der Waals surface area contributed by atoms with Crippen LogP contribution in [0.2, 0.25) is 0 Å². The van der Waals surface area contributed by atoms with Gasteiger partial charge in [-0.1, -0.05) is 20.3 Å². The molecule has 1 aliphatic heterocycles. The molecule has 0 unspecified atom stereocenters. The van der Waals surface area contributed by atoms with Gasteiger partial charge in [0.1, 0.15) is 18.1 Å². The lowest BCUT2D eigenvalue weighted by atomic mass is 9.64. The standard InChI is InChI=1S/C27H32FN5O4S/c1-5-38(35,36)32-22-11-17(14-31-25(22)37-10-9-29-16(2)3)18-12-19-21(13-20(18)28)30-15-23-24(19)27(7-6-8-27)26(34)33(23)4/h11-16,29,32H,5-10H2,1-4H3. The van der Waals surface area contributed by atoms with E-state index >= 15 is 4.39 Å². The maximum Gasteiger partial charge on any atom is 0.238 e. The van der Waals surface area contributed by atoms with Gasteiger partial charge in [-0.15, -0.1) is 0 Å². The number of carbonyl (C=O) groups excluding carboxylic acids is 1. The van der Waals surface area contributed by atoms with Gasteiger partial charge in [-0.2, -0.15) is 0 Å². The molecular formula is C27H32FN5O4S. The van der Waals surface area contributed by atoms with Crippen LogP contribution in [0.25, 0.3) is 22.0 Å². The zero-order valence-electron chi connectivity index (χ0n) is 22.0. The summed E-state index contributed by atoms with van der Waals surface area (Å²) in [7, 11) is -1.90. The topological polar surface area (TPSA) is 114 Å². The molecule has 1 amide bonds. The molecule has 3 heterocycles. The number of nitrogens with zero attached hydrogens (tertiary/aromatic N) is 3. The number of benzene rings is 1. The predicted molar refractivity (Wildman–Crippen MR) is 146 cm³/mol. The Bertz CT molecular complexity index is 1520. The third-order valence-electron chi connectivity index (χ3n) is 7.40. The van der Waals surface area contributed by atoms with E-state index < -0.39 is 21.3 Å². The fourth-order valence-corrected chi connectivity index (χ4v) is 5.86. The van der Waals surface area contributed by atoms with Crippen LogP contribution in [0.4, 0.5) is 15.8 Å². The SMILES string of the molecule is CCS(=O)(=O)Nc1cc(-c2cc3c4c(cnc3cc2F)N(C)C(=O)C42CCC2)cnc1OCCNC(C)C. The van der Waals surface area contributed by atoms with E-state index in [1.54, 1.807) is 24.2 Å². The molecular weight excluding hydrogens is 509 g/mol. The van der Waals surface area contributed by atoms with Crippen LogP contribution in [0, 0.1) is 5.82 Å². The van der Waals surface area contributed by atoms with Crippen LogP contribution in [0.3, 0.4) is 0 Å². The minimum absolute atomic E-state index is 0.0466. The molecule has 0 atom stereocenters. The summed E-state index contributed by atoms with van der Waals surface area (Å²) < 4.78 is 48.5. The van der Waals surface area contributed by atoms with Gasteiger partial charge in [-0.3, -0.25) is 14.5 Å². The number of anilines is 2. The van der Waals surface area contributed by atoms with Gasteiger partial charge in [0.25, 0.3) is 0 Å². The summed E-state index contributed by atoms with van der Waals surface area (Å²) in [4.78, 5) is 23.6. The third kappa shape index (κ3) is 4.47. The van der Waals surface area contributed by atoms with E-state index in [2.05, 4.69) is 20.0 Å². The van der Waals surface area contributed by atoms with Crippen LogP contribution in [0.15, 0.2) is 30.6 Å². The normalized spacial score (nSPS) is 16.3. The Balaban J connectivity index is 1.59. The summed E-state index contributed by atoms with van der Waals surface area (Å²) in [6, 6.07) is 4.86. The molecule has 1 aliphatic carbocycles. The van der Waals surface area contributed by atoms with Crippen molar-refractivity contribution in [3.63, 3.8) is 0 Å². The molecule has 1 fully saturated rings. The second-order valence-electron chi connectivity index (χ2n) is 10.2. The first-order valence-electron chi connectivity index (χ1n) is 12.8. The van der Waals surface area contributed by atoms with Crippen molar-refractivity contribution in [2.75, 3.05) is 35.6 Å². The highest BCUT2D eigenvalue weighted by Crippen LogP contribution is 2.55. The van der Waals surface area contributed by atoms with Gasteiger partial charge in [-0.25, -0.2) is 17.8 Å². The highest BCUT2D eigenvalue weighted by molar-refractivity contribution is 7.92. The first-order valence-corrected chi connectivity index (χ1v) is 14.5. The Labute approximate surface area is 221 Å². The maximum absolute atomic E-state index is 15.4. The molecule has 202 valence electrons. The molecule has 1 spiro atoms. The number of ether oxygens (including phenoxy) is 1. The fraction of sp³-hybridized carbons (Fsp3) is 0.444. The van der Waals surface area contributed by atoms with E-state index in [1.807, 2.05) is 13.8 Å². The smallest absolute Gasteiger partial charge is 0.238 e. The van der Waals surface area contributed by atoms with Crippen LogP contribution >= 0.6 is 0 Å². The first-order chi connectivity index (χ1) is 18.1. The van der Waals surface area contributed by atoms with Gasteiger partial charge in [0.15, 0.2) is 0 Å². The number of amides is 1. The molecule has 0 radical (unpaired) electrons. The monoisotopic (exact) mass is 541 g/mol. The molecule has 38 heavy (non-hydrogen) atoms. The van der Waals surface area contributed by atoms with Crippen LogP contribution in [0.1, 0.15) is 45.6 Å². The molecule has 0 bridgehead atoms. The van der Waals surface area contributed by atoms with E-state index in [0.29, 0.717) is 23.0 Å². The Hall–Kier alpha value is -3.31. The third-order valence-corrected chi connectivity index (χ3v) is 8.69. The number of fused-ring (bicyclic) bond motifs is 4. The van der Waals surface area contributed by atoms with E-state index in [9.17, 15) is 13.2 Å². The molecule has 2 aliphatic rings. The number of hydrogen-bond donors (Lipinski definition) is 2. The molecule has 11 heteroatoms.